The molecule has 18 heavy (non-hydrogen) atoms. The van der Waals surface area contributed by atoms with E-state index in [0.717, 1.165) is 0 Å². The number of hydrogen-bond donors (Lipinski definition) is 1. The first kappa shape index (κ1) is 12.5. The molecule has 7 nitrogen and oxygen atoms in total. The quantitative estimate of drug-likeness (QED) is 0.501. The Morgan fingerprint density at radius 2 is 2.28 bits per heavy atom. The number of aliphatic hydroxyl groups is 1. The predicted molar refractivity (Wildman–Crippen MR) is 62.7 cm³/mol. The minimum Gasteiger partial charge on any atom is -0.456 e. The maximum atomic E-state index is 12.0. The molecular formula is C11H14N4O3. The third-order valence-electron chi connectivity index (χ3n) is 2.91. The molecule has 0 atom stereocenters. The van der Waals surface area contributed by atoms with Crippen LogP contribution >= 0.6 is 0 Å². The first-order chi connectivity index (χ1) is 8.70. The fourth-order valence-electron chi connectivity index (χ4n) is 1.90. The van der Waals surface area contributed by atoms with Gasteiger partial charge in [-0.15, -0.1) is 0 Å². The number of carbonyl (C=O) groups excluding carboxylic acids is 1. The molecule has 1 aliphatic rings. The van der Waals surface area contributed by atoms with Gasteiger partial charge in [-0.2, -0.15) is 0 Å². The van der Waals surface area contributed by atoms with Crippen molar-refractivity contribution in [3.8, 4) is 0 Å². The smallest absolute Gasteiger partial charge is 0.289 e. The summed E-state index contributed by atoms with van der Waals surface area (Å²) in [7, 11) is 0. The normalized spacial score (nSPS) is 16.4. The molecule has 7 heteroatoms. The number of aliphatic hydroxyl groups excluding tert-OH is 1. The second kappa shape index (κ2) is 5.57. The van der Waals surface area contributed by atoms with Gasteiger partial charge in [0.25, 0.3) is 5.91 Å². The average Bonchev–Trinajstić information content (AvgIpc) is 2.85. The summed E-state index contributed by atoms with van der Waals surface area (Å²) in [5.41, 5.74) is 8.19. The Labute approximate surface area is 104 Å². The number of nitrogens with zero attached hydrogens (tertiary/aromatic N) is 4. The van der Waals surface area contributed by atoms with Crippen molar-refractivity contribution in [2.45, 2.75) is 25.5 Å². The highest BCUT2D eigenvalue weighted by molar-refractivity contribution is 5.91. The Balaban J connectivity index is 2.00. The summed E-state index contributed by atoms with van der Waals surface area (Å²) in [4.78, 5) is 16.3. The van der Waals surface area contributed by atoms with Gasteiger partial charge in [0.15, 0.2) is 5.76 Å². The Hall–Kier alpha value is -1.98. The number of hydrogen-bond acceptors (Lipinski definition) is 4. The van der Waals surface area contributed by atoms with Crippen molar-refractivity contribution in [2.75, 3.05) is 13.1 Å². The average molecular weight is 250 g/mol. The number of amides is 1. The Bertz CT molecular complexity index is 470. The van der Waals surface area contributed by atoms with Crippen molar-refractivity contribution in [1.29, 1.82) is 0 Å². The van der Waals surface area contributed by atoms with E-state index >= 15 is 0 Å². The Morgan fingerprint density at radius 1 is 1.56 bits per heavy atom. The van der Waals surface area contributed by atoms with Crippen LogP contribution in [0, 0.1) is 0 Å². The maximum Gasteiger partial charge on any atom is 0.289 e. The SMILES string of the molecule is [N-]=[N+]=NCc1ccc(C(=O)N2CCC(O)CC2)o1. The summed E-state index contributed by atoms with van der Waals surface area (Å²) in [5, 5.41) is 12.7. The standard InChI is InChI=1S/C11H14N4O3/c12-14-13-7-9-1-2-10(18-9)11(17)15-5-3-8(16)4-6-15/h1-2,8,16H,3-7H2. The van der Waals surface area contributed by atoms with Gasteiger partial charge in [0.05, 0.1) is 12.6 Å². The molecule has 96 valence electrons. The van der Waals surface area contributed by atoms with Gasteiger partial charge in [0.2, 0.25) is 0 Å². The summed E-state index contributed by atoms with van der Waals surface area (Å²) < 4.78 is 5.31. The first-order valence-corrected chi connectivity index (χ1v) is 5.77. The van der Waals surface area contributed by atoms with Crippen molar-refractivity contribution >= 4 is 5.91 Å². The zero-order valence-corrected chi connectivity index (χ0v) is 9.82. The van der Waals surface area contributed by atoms with Gasteiger partial charge in [-0.3, -0.25) is 4.79 Å². The second-order valence-corrected chi connectivity index (χ2v) is 4.18. The molecule has 2 rings (SSSR count). The van der Waals surface area contributed by atoms with Crippen molar-refractivity contribution in [3.63, 3.8) is 0 Å². The lowest BCUT2D eigenvalue weighted by molar-refractivity contribution is 0.0518. The van der Waals surface area contributed by atoms with Crippen LogP contribution in [0.3, 0.4) is 0 Å². The topological polar surface area (TPSA) is 102 Å². The molecule has 1 N–H and O–H groups in total. The van der Waals surface area contributed by atoms with E-state index in [9.17, 15) is 9.90 Å². The monoisotopic (exact) mass is 250 g/mol. The fourth-order valence-corrected chi connectivity index (χ4v) is 1.90. The fraction of sp³-hybridized carbons (Fsp3) is 0.545. The predicted octanol–water partition coefficient (Wildman–Crippen LogP) is 1.69. The molecule has 1 aromatic heterocycles. The van der Waals surface area contributed by atoms with Crippen molar-refractivity contribution in [1.82, 2.24) is 4.90 Å². The summed E-state index contributed by atoms with van der Waals surface area (Å²) in [6.45, 7) is 1.17. The van der Waals surface area contributed by atoms with Crippen LogP contribution in [-0.4, -0.2) is 35.1 Å². The number of likely N-dealkylation sites (tertiary alicyclic amines) is 1. The summed E-state index contributed by atoms with van der Waals surface area (Å²) in [6, 6.07) is 3.20. The van der Waals surface area contributed by atoms with Gasteiger partial charge < -0.3 is 14.4 Å². The molecule has 1 aromatic rings. The van der Waals surface area contributed by atoms with E-state index in [1.54, 1.807) is 17.0 Å². The Morgan fingerprint density at radius 3 is 2.94 bits per heavy atom. The van der Waals surface area contributed by atoms with Crippen LogP contribution in [0.5, 0.6) is 0 Å². The van der Waals surface area contributed by atoms with Crippen molar-refractivity contribution in [3.05, 3.63) is 34.1 Å². The largest absolute Gasteiger partial charge is 0.456 e. The molecule has 0 radical (unpaired) electrons. The number of rotatable bonds is 3. The number of piperidine rings is 1. The maximum absolute atomic E-state index is 12.0. The van der Waals surface area contributed by atoms with Crippen LogP contribution in [-0.2, 0) is 6.54 Å². The van der Waals surface area contributed by atoms with E-state index in [-0.39, 0.29) is 24.3 Å². The van der Waals surface area contributed by atoms with E-state index in [0.29, 0.717) is 31.7 Å². The van der Waals surface area contributed by atoms with E-state index < -0.39 is 0 Å². The number of azide groups is 1. The van der Waals surface area contributed by atoms with Crippen molar-refractivity contribution in [2.24, 2.45) is 5.11 Å². The van der Waals surface area contributed by atoms with E-state index in [2.05, 4.69) is 10.0 Å². The van der Waals surface area contributed by atoms with Gasteiger partial charge in [-0.05, 0) is 30.5 Å². The molecular weight excluding hydrogens is 236 g/mol. The van der Waals surface area contributed by atoms with E-state index in [1.807, 2.05) is 0 Å². The van der Waals surface area contributed by atoms with Crippen molar-refractivity contribution < 1.29 is 14.3 Å². The van der Waals surface area contributed by atoms with Crippen LogP contribution < -0.4 is 0 Å². The van der Waals surface area contributed by atoms with Crippen LogP contribution in [0.1, 0.15) is 29.2 Å². The van der Waals surface area contributed by atoms with Crippen LogP contribution in [0.2, 0.25) is 0 Å². The third-order valence-corrected chi connectivity index (χ3v) is 2.91. The molecule has 0 aromatic carbocycles. The zero-order valence-electron chi connectivity index (χ0n) is 9.82. The zero-order chi connectivity index (χ0) is 13.0. The molecule has 1 aliphatic heterocycles. The minimum absolute atomic E-state index is 0.0997. The number of furan rings is 1. The highest BCUT2D eigenvalue weighted by Crippen LogP contribution is 2.16. The molecule has 0 spiro atoms. The summed E-state index contributed by atoms with van der Waals surface area (Å²) in [5.74, 6) is 0.525. The molecule has 0 aliphatic carbocycles. The molecule has 0 bridgehead atoms. The minimum atomic E-state index is -0.314. The lowest BCUT2D eigenvalue weighted by Gasteiger charge is -2.28. The van der Waals surface area contributed by atoms with Crippen LogP contribution in [0.15, 0.2) is 21.7 Å². The lowest BCUT2D eigenvalue weighted by atomic mass is 10.1. The van der Waals surface area contributed by atoms with Crippen LogP contribution in [0.4, 0.5) is 0 Å². The summed E-state index contributed by atoms with van der Waals surface area (Å²) >= 11 is 0. The molecule has 1 amide bonds. The van der Waals surface area contributed by atoms with Gasteiger partial charge in [-0.25, -0.2) is 0 Å². The van der Waals surface area contributed by atoms with Crippen LogP contribution in [0.25, 0.3) is 10.4 Å². The van der Waals surface area contributed by atoms with Gasteiger partial charge in [-0.1, -0.05) is 5.11 Å². The van der Waals surface area contributed by atoms with E-state index in [1.165, 1.54) is 0 Å². The Kier molecular flexibility index (Phi) is 3.86. The highest BCUT2D eigenvalue weighted by Gasteiger charge is 2.24. The van der Waals surface area contributed by atoms with Gasteiger partial charge >= 0.3 is 0 Å². The molecule has 1 saturated heterocycles. The lowest BCUT2D eigenvalue weighted by Crippen LogP contribution is -2.39. The second-order valence-electron chi connectivity index (χ2n) is 4.18. The molecule has 0 saturated carbocycles. The van der Waals surface area contributed by atoms with Gasteiger partial charge in [0.1, 0.15) is 5.76 Å². The molecule has 2 heterocycles. The number of carbonyl (C=O) groups is 1. The molecule has 1 fully saturated rings. The van der Waals surface area contributed by atoms with Gasteiger partial charge in [0, 0.05) is 18.0 Å². The van der Waals surface area contributed by atoms with E-state index in [4.69, 9.17) is 9.95 Å². The summed E-state index contributed by atoms with van der Waals surface area (Å²) in [6.07, 6.45) is 0.877. The third kappa shape index (κ3) is 2.82. The first-order valence-electron chi connectivity index (χ1n) is 5.77. The molecule has 0 unspecified atom stereocenters. The highest BCUT2D eigenvalue weighted by atomic mass is 16.4.